The first-order valence-electron chi connectivity index (χ1n) is 8.43. The van der Waals surface area contributed by atoms with Gasteiger partial charge in [0, 0.05) is 18.1 Å². The Bertz CT molecular complexity index is 668. The fraction of sp³-hybridized carbons (Fsp3) is 0.647. The number of rotatable bonds is 8. The van der Waals surface area contributed by atoms with Gasteiger partial charge in [-0.15, -0.1) is 10.2 Å². The normalized spacial score (nSPS) is 22.5. The van der Waals surface area contributed by atoms with Crippen LogP contribution in [-0.4, -0.2) is 29.0 Å². The number of nitrogens with zero attached hydrogens (tertiary/aromatic N) is 2. The molecule has 1 fully saturated rings. The maximum Gasteiger partial charge on any atom is 0.283 e. The van der Waals surface area contributed by atoms with Gasteiger partial charge in [0.2, 0.25) is 5.89 Å². The molecule has 1 N–H and O–H groups in total. The third kappa shape index (κ3) is 3.73. The number of hydrogen-bond donors (Lipinski definition) is 1. The number of hydrogen-bond acceptors (Lipinski definition) is 6. The van der Waals surface area contributed by atoms with Crippen molar-refractivity contribution in [2.45, 2.75) is 58.7 Å². The molecule has 1 saturated carbocycles. The van der Waals surface area contributed by atoms with Crippen LogP contribution in [-0.2, 0) is 11.3 Å². The molecule has 3 rings (SSSR count). The minimum Gasteiger partial charge on any atom is -0.444 e. The molecule has 0 aromatic carbocycles. The SMILES string of the molecule is CCCCOC1CC(NCc2nnc(-c3ccc(Br)o3)o2)C1(C)C. The Balaban J connectivity index is 1.49. The molecule has 24 heavy (non-hydrogen) atoms. The van der Waals surface area contributed by atoms with Crippen LogP contribution < -0.4 is 5.32 Å². The molecular weight excluding hydrogens is 374 g/mol. The number of unbranched alkanes of at least 4 members (excludes halogenated alkanes) is 1. The minimum absolute atomic E-state index is 0.114. The topological polar surface area (TPSA) is 73.3 Å². The molecule has 0 saturated heterocycles. The van der Waals surface area contributed by atoms with Crippen molar-refractivity contribution in [3.8, 4) is 11.7 Å². The lowest BCUT2D eigenvalue weighted by molar-refractivity contribution is -0.118. The molecule has 2 aromatic rings. The van der Waals surface area contributed by atoms with Crippen molar-refractivity contribution < 1.29 is 13.6 Å². The second kappa shape index (κ2) is 7.37. The summed E-state index contributed by atoms with van der Waals surface area (Å²) in [5, 5.41) is 11.6. The van der Waals surface area contributed by atoms with Crippen molar-refractivity contribution in [3.05, 3.63) is 22.7 Å². The van der Waals surface area contributed by atoms with E-state index in [1.807, 2.05) is 0 Å². The monoisotopic (exact) mass is 397 g/mol. The molecule has 2 heterocycles. The lowest BCUT2D eigenvalue weighted by atomic mass is 9.64. The lowest BCUT2D eigenvalue weighted by Crippen LogP contribution is -2.60. The van der Waals surface area contributed by atoms with Crippen molar-refractivity contribution in [1.82, 2.24) is 15.5 Å². The highest BCUT2D eigenvalue weighted by atomic mass is 79.9. The summed E-state index contributed by atoms with van der Waals surface area (Å²) in [6.07, 6.45) is 3.63. The largest absolute Gasteiger partial charge is 0.444 e. The summed E-state index contributed by atoms with van der Waals surface area (Å²) in [6.45, 7) is 8.06. The van der Waals surface area contributed by atoms with E-state index in [9.17, 15) is 0 Å². The predicted molar refractivity (Wildman–Crippen MR) is 93.4 cm³/mol. The van der Waals surface area contributed by atoms with Crippen LogP contribution in [0.2, 0.25) is 0 Å². The molecule has 2 atom stereocenters. The van der Waals surface area contributed by atoms with Crippen LogP contribution in [0, 0.1) is 5.41 Å². The first-order valence-corrected chi connectivity index (χ1v) is 9.23. The van der Waals surface area contributed by atoms with Crippen molar-refractivity contribution in [2.24, 2.45) is 5.41 Å². The van der Waals surface area contributed by atoms with Gasteiger partial charge >= 0.3 is 0 Å². The zero-order chi connectivity index (χ0) is 17.2. The Kier molecular flexibility index (Phi) is 5.42. The first kappa shape index (κ1) is 17.6. The average Bonchev–Trinajstić information content (AvgIpc) is 3.18. The van der Waals surface area contributed by atoms with Crippen molar-refractivity contribution >= 4 is 15.9 Å². The van der Waals surface area contributed by atoms with Gasteiger partial charge in [0.15, 0.2) is 10.4 Å². The van der Waals surface area contributed by atoms with Gasteiger partial charge in [0.1, 0.15) is 0 Å². The Morgan fingerprint density at radius 1 is 1.33 bits per heavy atom. The van der Waals surface area contributed by atoms with Gasteiger partial charge in [-0.2, -0.15) is 0 Å². The molecule has 1 aliphatic rings. The molecule has 0 radical (unpaired) electrons. The first-order chi connectivity index (χ1) is 11.5. The van der Waals surface area contributed by atoms with Crippen molar-refractivity contribution in [2.75, 3.05) is 6.61 Å². The molecule has 2 unspecified atom stereocenters. The molecule has 132 valence electrons. The van der Waals surface area contributed by atoms with Gasteiger partial charge in [-0.3, -0.25) is 0 Å². The van der Waals surface area contributed by atoms with Crippen LogP contribution in [0.5, 0.6) is 0 Å². The van der Waals surface area contributed by atoms with E-state index in [1.54, 1.807) is 12.1 Å². The fourth-order valence-electron chi connectivity index (χ4n) is 2.95. The third-order valence-corrected chi connectivity index (χ3v) is 5.17. The maximum atomic E-state index is 5.97. The number of aromatic nitrogens is 2. The second-order valence-corrected chi connectivity index (χ2v) is 7.59. The van der Waals surface area contributed by atoms with Gasteiger partial charge in [-0.25, -0.2) is 0 Å². The Hall–Kier alpha value is -1.18. The zero-order valence-electron chi connectivity index (χ0n) is 14.3. The molecule has 0 spiro atoms. The van der Waals surface area contributed by atoms with E-state index in [4.69, 9.17) is 13.6 Å². The van der Waals surface area contributed by atoms with Gasteiger partial charge in [-0.05, 0) is 40.9 Å². The molecule has 2 aromatic heterocycles. The Morgan fingerprint density at radius 2 is 2.17 bits per heavy atom. The van der Waals surface area contributed by atoms with Gasteiger partial charge in [0.05, 0.1) is 12.6 Å². The summed E-state index contributed by atoms with van der Waals surface area (Å²) in [7, 11) is 0. The van der Waals surface area contributed by atoms with Gasteiger partial charge in [0.25, 0.3) is 5.89 Å². The molecule has 0 bridgehead atoms. The highest BCUT2D eigenvalue weighted by molar-refractivity contribution is 9.10. The fourth-order valence-corrected chi connectivity index (χ4v) is 3.26. The zero-order valence-corrected chi connectivity index (χ0v) is 15.9. The molecule has 0 amide bonds. The third-order valence-electron chi connectivity index (χ3n) is 4.75. The summed E-state index contributed by atoms with van der Waals surface area (Å²) in [6, 6.07) is 3.98. The van der Waals surface area contributed by atoms with E-state index in [2.05, 4.69) is 52.2 Å². The molecule has 1 aliphatic carbocycles. The lowest BCUT2D eigenvalue weighted by Gasteiger charge is -2.51. The van der Waals surface area contributed by atoms with E-state index in [0.29, 0.717) is 40.9 Å². The van der Waals surface area contributed by atoms with Crippen molar-refractivity contribution in [3.63, 3.8) is 0 Å². The Morgan fingerprint density at radius 3 is 2.83 bits per heavy atom. The molecule has 0 aliphatic heterocycles. The quantitative estimate of drug-likeness (QED) is 0.673. The second-order valence-electron chi connectivity index (χ2n) is 6.81. The summed E-state index contributed by atoms with van der Waals surface area (Å²) >= 11 is 3.26. The predicted octanol–water partition coefficient (Wildman–Crippen LogP) is 4.17. The van der Waals surface area contributed by atoms with Crippen LogP contribution in [0.3, 0.4) is 0 Å². The number of furan rings is 1. The van der Waals surface area contributed by atoms with Crippen LogP contribution >= 0.6 is 15.9 Å². The van der Waals surface area contributed by atoms with Crippen molar-refractivity contribution in [1.29, 1.82) is 0 Å². The minimum atomic E-state index is 0.114. The summed E-state index contributed by atoms with van der Waals surface area (Å²) in [4.78, 5) is 0. The Labute approximate surface area is 150 Å². The highest BCUT2D eigenvalue weighted by Crippen LogP contribution is 2.43. The molecule has 6 nitrogen and oxygen atoms in total. The van der Waals surface area contributed by atoms with E-state index in [0.717, 1.165) is 19.4 Å². The van der Waals surface area contributed by atoms with Crippen LogP contribution in [0.25, 0.3) is 11.7 Å². The average molecular weight is 398 g/mol. The highest BCUT2D eigenvalue weighted by Gasteiger charge is 2.48. The number of ether oxygens (including phenoxy) is 1. The summed E-state index contributed by atoms with van der Waals surface area (Å²) < 4.78 is 17.7. The molecular formula is C17H24BrN3O3. The smallest absolute Gasteiger partial charge is 0.283 e. The number of nitrogens with one attached hydrogen (secondary N) is 1. The van der Waals surface area contributed by atoms with Gasteiger partial charge in [-0.1, -0.05) is 27.2 Å². The van der Waals surface area contributed by atoms with Crippen LogP contribution in [0.15, 0.2) is 25.6 Å². The summed E-state index contributed by atoms with van der Waals surface area (Å²) in [5.74, 6) is 1.52. The standard InChI is InChI=1S/C17H24BrN3O3/c1-4-5-8-22-13-9-12(17(13,2)3)19-10-15-20-21-16(24-15)11-6-7-14(18)23-11/h6-7,12-13,19H,4-5,8-10H2,1-3H3. The summed E-state index contributed by atoms with van der Waals surface area (Å²) in [5.41, 5.74) is 0.114. The molecule has 7 heteroatoms. The van der Waals surface area contributed by atoms with E-state index in [1.165, 1.54) is 6.42 Å². The number of halogens is 1. The van der Waals surface area contributed by atoms with E-state index in [-0.39, 0.29) is 5.41 Å². The maximum absolute atomic E-state index is 5.97. The van der Waals surface area contributed by atoms with Crippen LogP contribution in [0.4, 0.5) is 0 Å². The van der Waals surface area contributed by atoms with Crippen LogP contribution in [0.1, 0.15) is 45.9 Å². The van der Waals surface area contributed by atoms with E-state index >= 15 is 0 Å². The van der Waals surface area contributed by atoms with Gasteiger partial charge < -0.3 is 18.9 Å². The van der Waals surface area contributed by atoms with E-state index < -0.39 is 0 Å².